The molecule has 0 bridgehead atoms. The van der Waals surface area contributed by atoms with Crippen LogP contribution in [0.4, 0.5) is 0 Å². The zero-order chi connectivity index (χ0) is 23.8. The van der Waals surface area contributed by atoms with Crippen molar-refractivity contribution in [2.45, 2.75) is 128 Å². The molecular formula is C32H49NO. The highest BCUT2D eigenvalue weighted by molar-refractivity contribution is 5.87. The largest absolute Gasteiger partial charge is 0.350 e. The summed E-state index contributed by atoms with van der Waals surface area (Å²) in [6.45, 7) is 5.89. The SMILES string of the molecule is C=CC(=O)NC1CCC(C2CCC(c3ccc(C4CCC(CCCCC)CC4)cc3)CC2)CC1. The van der Waals surface area contributed by atoms with E-state index >= 15 is 0 Å². The highest BCUT2D eigenvalue weighted by Crippen LogP contribution is 2.44. The molecule has 0 aromatic heterocycles. The first-order valence-electron chi connectivity index (χ1n) is 14.7. The number of nitrogens with one attached hydrogen (secondary N) is 1. The Kier molecular flexibility index (Phi) is 9.71. The van der Waals surface area contributed by atoms with Crippen LogP contribution in [0.1, 0.15) is 133 Å². The Morgan fingerprint density at radius 1 is 0.794 bits per heavy atom. The van der Waals surface area contributed by atoms with Crippen molar-refractivity contribution in [1.82, 2.24) is 5.32 Å². The van der Waals surface area contributed by atoms with E-state index in [0.29, 0.717) is 6.04 Å². The first-order chi connectivity index (χ1) is 16.7. The van der Waals surface area contributed by atoms with Crippen LogP contribution in [0.15, 0.2) is 36.9 Å². The average Bonchev–Trinajstić information content (AvgIpc) is 2.90. The third-order valence-electron chi connectivity index (χ3n) is 9.68. The highest BCUT2D eigenvalue weighted by atomic mass is 16.1. The van der Waals surface area contributed by atoms with Crippen LogP contribution in [0.25, 0.3) is 0 Å². The van der Waals surface area contributed by atoms with E-state index in [4.69, 9.17) is 0 Å². The van der Waals surface area contributed by atoms with Gasteiger partial charge in [0.1, 0.15) is 0 Å². The monoisotopic (exact) mass is 463 g/mol. The van der Waals surface area contributed by atoms with Crippen LogP contribution < -0.4 is 5.32 Å². The van der Waals surface area contributed by atoms with Crippen LogP contribution in [0.5, 0.6) is 0 Å². The molecule has 34 heavy (non-hydrogen) atoms. The predicted molar refractivity (Wildman–Crippen MR) is 144 cm³/mol. The molecule has 0 radical (unpaired) electrons. The van der Waals surface area contributed by atoms with Gasteiger partial charge in [-0.1, -0.05) is 63.5 Å². The Bertz CT molecular complexity index is 744. The van der Waals surface area contributed by atoms with E-state index in [1.54, 1.807) is 11.1 Å². The molecule has 3 aliphatic carbocycles. The van der Waals surface area contributed by atoms with E-state index < -0.39 is 0 Å². The lowest BCUT2D eigenvalue weighted by Crippen LogP contribution is -2.38. The molecule has 1 aromatic rings. The molecule has 3 fully saturated rings. The lowest BCUT2D eigenvalue weighted by molar-refractivity contribution is -0.117. The summed E-state index contributed by atoms with van der Waals surface area (Å²) in [7, 11) is 0. The van der Waals surface area contributed by atoms with E-state index in [1.165, 1.54) is 96.0 Å². The summed E-state index contributed by atoms with van der Waals surface area (Å²) < 4.78 is 0. The second-order valence-electron chi connectivity index (χ2n) is 11.8. The number of rotatable bonds is 9. The van der Waals surface area contributed by atoms with Crippen molar-refractivity contribution >= 4 is 5.91 Å². The maximum Gasteiger partial charge on any atom is 0.243 e. The summed E-state index contributed by atoms with van der Waals surface area (Å²) in [6, 6.07) is 10.3. The summed E-state index contributed by atoms with van der Waals surface area (Å²) in [6.07, 6.45) is 23.1. The van der Waals surface area contributed by atoms with E-state index in [2.05, 4.69) is 43.1 Å². The van der Waals surface area contributed by atoms with Crippen molar-refractivity contribution in [2.75, 3.05) is 0 Å². The number of hydrogen-bond acceptors (Lipinski definition) is 1. The molecular weight excluding hydrogens is 414 g/mol. The van der Waals surface area contributed by atoms with Gasteiger partial charge in [-0.15, -0.1) is 0 Å². The first kappa shape index (κ1) is 25.5. The van der Waals surface area contributed by atoms with Gasteiger partial charge in [0.15, 0.2) is 0 Å². The molecule has 1 amide bonds. The molecule has 0 heterocycles. The predicted octanol–water partition coefficient (Wildman–Crippen LogP) is 8.68. The van der Waals surface area contributed by atoms with Gasteiger partial charge in [-0.25, -0.2) is 0 Å². The fraction of sp³-hybridized carbons (Fsp3) is 0.719. The van der Waals surface area contributed by atoms with Crippen molar-refractivity contribution in [3.63, 3.8) is 0 Å². The fourth-order valence-corrected chi connectivity index (χ4v) is 7.43. The van der Waals surface area contributed by atoms with Crippen LogP contribution in [0, 0.1) is 17.8 Å². The number of carbonyl (C=O) groups is 1. The number of amides is 1. The smallest absolute Gasteiger partial charge is 0.243 e. The van der Waals surface area contributed by atoms with Gasteiger partial charge in [-0.05, 0) is 124 Å². The van der Waals surface area contributed by atoms with Gasteiger partial charge in [0.2, 0.25) is 5.91 Å². The van der Waals surface area contributed by atoms with Gasteiger partial charge in [-0.2, -0.15) is 0 Å². The molecule has 3 aliphatic rings. The number of hydrogen-bond donors (Lipinski definition) is 1. The second-order valence-corrected chi connectivity index (χ2v) is 11.8. The lowest BCUT2D eigenvalue weighted by Gasteiger charge is -2.38. The zero-order valence-electron chi connectivity index (χ0n) is 21.8. The van der Waals surface area contributed by atoms with Crippen LogP contribution >= 0.6 is 0 Å². The Morgan fingerprint density at radius 2 is 1.29 bits per heavy atom. The maximum absolute atomic E-state index is 11.6. The maximum atomic E-state index is 11.6. The molecule has 0 unspecified atom stereocenters. The minimum Gasteiger partial charge on any atom is -0.350 e. The summed E-state index contributed by atoms with van der Waals surface area (Å²) >= 11 is 0. The molecule has 2 nitrogen and oxygen atoms in total. The van der Waals surface area contributed by atoms with E-state index in [-0.39, 0.29) is 5.91 Å². The number of carbonyl (C=O) groups excluding carboxylic acids is 1. The van der Waals surface area contributed by atoms with Gasteiger partial charge in [0, 0.05) is 6.04 Å². The fourth-order valence-electron chi connectivity index (χ4n) is 7.43. The Balaban J connectivity index is 1.18. The Morgan fingerprint density at radius 3 is 1.79 bits per heavy atom. The highest BCUT2D eigenvalue weighted by Gasteiger charge is 2.31. The zero-order valence-corrected chi connectivity index (χ0v) is 21.8. The van der Waals surface area contributed by atoms with Crippen molar-refractivity contribution in [3.05, 3.63) is 48.0 Å². The standard InChI is InChI=1S/C32H49NO/c1-3-5-6-7-24-8-10-25(11-9-24)26-12-14-27(15-13-26)28-16-18-29(19-17-28)30-20-22-31(23-21-30)33-32(34)4-2/h4,12-15,24-25,28-31H,2-3,5-11,16-23H2,1H3,(H,33,34). The molecule has 3 saturated carbocycles. The van der Waals surface area contributed by atoms with Gasteiger partial charge >= 0.3 is 0 Å². The van der Waals surface area contributed by atoms with Gasteiger partial charge in [-0.3, -0.25) is 4.79 Å². The minimum absolute atomic E-state index is 0.00920. The summed E-state index contributed by atoms with van der Waals surface area (Å²) in [5, 5.41) is 3.10. The molecule has 4 rings (SSSR count). The summed E-state index contributed by atoms with van der Waals surface area (Å²) in [5.74, 6) is 4.33. The third kappa shape index (κ3) is 6.98. The quantitative estimate of drug-likeness (QED) is 0.288. The number of benzene rings is 1. The molecule has 1 N–H and O–H groups in total. The molecule has 0 atom stereocenters. The second kappa shape index (κ2) is 12.9. The summed E-state index contributed by atoms with van der Waals surface area (Å²) in [4.78, 5) is 11.6. The van der Waals surface area contributed by atoms with Crippen LogP contribution in [0.2, 0.25) is 0 Å². The Hall–Kier alpha value is -1.57. The van der Waals surface area contributed by atoms with Crippen LogP contribution in [-0.4, -0.2) is 11.9 Å². The van der Waals surface area contributed by atoms with E-state index in [0.717, 1.165) is 42.4 Å². The van der Waals surface area contributed by atoms with Crippen molar-refractivity contribution in [2.24, 2.45) is 17.8 Å². The minimum atomic E-state index is -0.00920. The molecule has 188 valence electrons. The Labute approximate surface area is 209 Å². The average molecular weight is 464 g/mol. The molecule has 0 aliphatic heterocycles. The molecule has 0 saturated heterocycles. The molecule has 2 heteroatoms. The molecule has 0 spiro atoms. The number of unbranched alkanes of at least 4 members (excludes halogenated alkanes) is 2. The van der Waals surface area contributed by atoms with Crippen LogP contribution in [0.3, 0.4) is 0 Å². The van der Waals surface area contributed by atoms with Crippen molar-refractivity contribution in [3.8, 4) is 0 Å². The van der Waals surface area contributed by atoms with Gasteiger partial charge < -0.3 is 5.32 Å². The van der Waals surface area contributed by atoms with Gasteiger partial charge in [0.25, 0.3) is 0 Å². The topological polar surface area (TPSA) is 29.1 Å². The van der Waals surface area contributed by atoms with Crippen molar-refractivity contribution in [1.29, 1.82) is 0 Å². The normalized spacial score (nSPS) is 32.1. The van der Waals surface area contributed by atoms with Gasteiger partial charge in [0.05, 0.1) is 0 Å². The third-order valence-corrected chi connectivity index (χ3v) is 9.68. The van der Waals surface area contributed by atoms with Crippen LogP contribution in [-0.2, 0) is 4.79 Å². The molecule has 1 aromatic carbocycles. The van der Waals surface area contributed by atoms with E-state index in [1.807, 2.05) is 0 Å². The lowest BCUT2D eigenvalue weighted by atomic mass is 9.69. The van der Waals surface area contributed by atoms with Crippen molar-refractivity contribution < 1.29 is 4.79 Å². The summed E-state index contributed by atoms with van der Waals surface area (Å²) in [5.41, 5.74) is 3.19. The van der Waals surface area contributed by atoms with E-state index in [9.17, 15) is 4.79 Å². The first-order valence-corrected chi connectivity index (χ1v) is 14.7.